The molecule has 106 valence electrons. The Morgan fingerprint density at radius 3 is 2.53 bits per heavy atom. The van der Waals surface area contributed by atoms with Crippen molar-refractivity contribution in [2.75, 3.05) is 27.3 Å². The highest BCUT2D eigenvalue weighted by molar-refractivity contribution is 9.10. The van der Waals surface area contributed by atoms with Crippen molar-refractivity contribution in [3.8, 4) is 11.5 Å². The zero-order valence-electron chi connectivity index (χ0n) is 12.0. The molecule has 19 heavy (non-hydrogen) atoms. The molecular formula is C15H22BrNO2. The molecule has 0 bridgehead atoms. The van der Waals surface area contributed by atoms with E-state index in [1.54, 1.807) is 14.2 Å². The van der Waals surface area contributed by atoms with Gasteiger partial charge in [-0.05, 0) is 57.9 Å². The van der Waals surface area contributed by atoms with Crippen molar-refractivity contribution >= 4 is 15.9 Å². The van der Waals surface area contributed by atoms with Gasteiger partial charge in [-0.3, -0.25) is 0 Å². The van der Waals surface area contributed by atoms with Gasteiger partial charge in [-0.25, -0.2) is 0 Å². The zero-order chi connectivity index (χ0) is 14.0. The number of nitrogens with one attached hydrogen (secondary N) is 1. The van der Waals surface area contributed by atoms with Crippen LogP contribution in [0, 0.1) is 0 Å². The number of hydrogen-bond donors (Lipinski definition) is 1. The zero-order valence-corrected chi connectivity index (χ0v) is 13.6. The van der Waals surface area contributed by atoms with Gasteiger partial charge in [0.05, 0.1) is 18.7 Å². The Hall–Kier alpha value is -0.740. The highest BCUT2D eigenvalue weighted by Crippen LogP contribution is 2.45. The highest BCUT2D eigenvalue weighted by atomic mass is 79.9. The number of methoxy groups -OCH3 is 2. The van der Waals surface area contributed by atoms with Crippen LogP contribution in [0.25, 0.3) is 0 Å². The van der Waals surface area contributed by atoms with E-state index in [4.69, 9.17) is 9.47 Å². The maximum atomic E-state index is 5.49. The number of ether oxygens (including phenoxy) is 2. The van der Waals surface area contributed by atoms with Crippen LogP contribution in [0.4, 0.5) is 0 Å². The average Bonchev–Trinajstić information content (AvgIpc) is 2.90. The van der Waals surface area contributed by atoms with Crippen molar-refractivity contribution in [3.05, 3.63) is 21.7 Å². The van der Waals surface area contributed by atoms with E-state index < -0.39 is 0 Å². The second-order valence-corrected chi connectivity index (χ2v) is 6.07. The predicted octanol–water partition coefficient (Wildman–Crippen LogP) is 3.67. The smallest absolute Gasteiger partial charge is 0.175 e. The molecule has 0 saturated carbocycles. The minimum atomic E-state index is 0.449. The summed E-state index contributed by atoms with van der Waals surface area (Å²) in [7, 11) is 3.37. The molecule has 1 N–H and O–H groups in total. The molecule has 4 heteroatoms. The molecule has 1 aromatic carbocycles. The van der Waals surface area contributed by atoms with E-state index in [9.17, 15) is 0 Å². The van der Waals surface area contributed by atoms with Gasteiger partial charge >= 0.3 is 0 Å². The largest absolute Gasteiger partial charge is 0.493 e. The highest BCUT2D eigenvalue weighted by Gasteiger charge is 2.26. The lowest BCUT2D eigenvalue weighted by Crippen LogP contribution is -2.11. The van der Waals surface area contributed by atoms with Crippen LogP contribution in [0.1, 0.15) is 43.2 Å². The third-order valence-electron chi connectivity index (χ3n) is 3.76. The van der Waals surface area contributed by atoms with Gasteiger partial charge in [-0.1, -0.05) is 13.8 Å². The Labute approximate surface area is 123 Å². The summed E-state index contributed by atoms with van der Waals surface area (Å²) in [6, 6.07) is 2.15. The summed E-state index contributed by atoms with van der Waals surface area (Å²) < 4.78 is 12.0. The summed E-state index contributed by atoms with van der Waals surface area (Å²) in [4.78, 5) is 0. The van der Waals surface area contributed by atoms with Crippen LogP contribution < -0.4 is 14.8 Å². The van der Waals surface area contributed by atoms with Crippen molar-refractivity contribution in [1.29, 1.82) is 0 Å². The monoisotopic (exact) mass is 327 g/mol. The van der Waals surface area contributed by atoms with E-state index >= 15 is 0 Å². The fourth-order valence-electron chi connectivity index (χ4n) is 2.83. The Balaban J connectivity index is 2.59. The van der Waals surface area contributed by atoms with Gasteiger partial charge < -0.3 is 14.8 Å². The summed E-state index contributed by atoms with van der Waals surface area (Å²) in [5.41, 5.74) is 2.72. The third kappa shape index (κ3) is 2.75. The Morgan fingerprint density at radius 1 is 1.32 bits per heavy atom. The fraction of sp³-hybridized carbons (Fsp3) is 0.600. The minimum Gasteiger partial charge on any atom is -0.493 e. The molecule has 1 saturated heterocycles. The number of hydrogen-bond acceptors (Lipinski definition) is 3. The first-order valence-electron chi connectivity index (χ1n) is 6.75. The maximum Gasteiger partial charge on any atom is 0.175 e. The lowest BCUT2D eigenvalue weighted by Gasteiger charge is -2.23. The molecule has 1 unspecified atom stereocenters. The third-order valence-corrected chi connectivity index (χ3v) is 4.55. The van der Waals surface area contributed by atoms with Crippen LogP contribution in [0.3, 0.4) is 0 Å². The van der Waals surface area contributed by atoms with Crippen molar-refractivity contribution < 1.29 is 9.47 Å². The van der Waals surface area contributed by atoms with E-state index in [2.05, 4.69) is 41.2 Å². The van der Waals surface area contributed by atoms with Crippen LogP contribution >= 0.6 is 15.9 Å². The fourth-order valence-corrected chi connectivity index (χ4v) is 3.87. The SMILES string of the molecule is COc1cc(C2CCNC2)c(C(C)C)c(Br)c1OC. The second-order valence-electron chi connectivity index (χ2n) is 5.27. The molecule has 1 fully saturated rings. The average molecular weight is 328 g/mol. The first-order valence-corrected chi connectivity index (χ1v) is 7.54. The molecule has 0 spiro atoms. The summed E-state index contributed by atoms with van der Waals surface area (Å²) in [6.07, 6.45) is 1.18. The first kappa shape index (κ1) is 14.7. The van der Waals surface area contributed by atoms with Crippen molar-refractivity contribution in [2.24, 2.45) is 0 Å². The maximum absolute atomic E-state index is 5.49. The molecule has 1 heterocycles. The van der Waals surface area contributed by atoms with Gasteiger partial charge in [0.2, 0.25) is 0 Å². The van der Waals surface area contributed by atoms with Crippen LogP contribution in [0.15, 0.2) is 10.5 Å². The molecule has 0 aliphatic carbocycles. The van der Waals surface area contributed by atoms with Gasteiger partial charge in [-0.15, -0.1) is 0 Å². The number of rotatable bonds is 4. The molecule has 1 atom stereocenters. The van der Waals surface area contributed by atoms with Crippen LogP contribution in [0.2, 0.25) is 0 Å². The first-order chi connectivity index (χ1) is 9.10. The van der Waals surface area contributed by atoms with Crippen LogP contribution in [-0.4, -0.2) is 27.3 Å². The Morgan fingerprint density at radius 2 is 2.05 bits per heavy atom. The summed E-state index contributed by atoms with van der Waals surface area (Å²) in [6.45, 7) is 6.57. The van der Waals surface area contributed by atoms with Crippen molar-refractivity contribution in [3.63, 3.8) is 0 Å². The summed E-state index contributed by atoms with van der Waals surface area (Å²) in [5, 5.41) is 3.44. The molecule has 0 aromatic heterocycles. The normalized spacial score (nSPS) is 18.9. The second kappa shape index (κ2) is 6.14. The molecule has 2 rings (SSSR count). The molecule has 3 nitrogen and oxygen atoms in total. The quantitative estimate of drug-likeness (QED) is 0.915. The number of halogens is 1. The Kier molecular flexibility index (Phi) is 4.74. The van der Waals surface area contributed by atoms with Crippen LogP contribution in [0.5, 0.6) is 11.5 Å². The van der Waals surface area contributed by atoms with Crippen molar-refractivity contribution in [1.82, 2.24) is 5.32 Å². The molecule has 1 aliphatic heterocycles. The van der Waals surface area contributed by atoms with Crippen LogP contribution in [-0.2, 0) is 0 Å². The standard InChI is InChI=1S/C15H22BrNO2/c1-9(2)13-11(10-5-6-17-8-10)7-12(18-3)15(19-4)14(13)16/h7,9-10,17H,5-6,8H2,1-4H3. The molecular weight excluding hydrogens is 306 g/mol. The molecule has 0 amide bonds. The van der Waals surface area contributed by atoms with Gasteiger partial charge in [0.1, 0.15) is 0 Å². The van der Waals surface area contributed by atoms with Crippen molar-refractivity contribution in [2.45, 2.75) is 32.1 Å². The summed E-state index contributed by atoms with van der Waals surface area (Å²) >= 11 is 3.71. The minimum absolute atomic E-state index is 0.449. The molecule has 1 aromatic rings. The van der Waals surface area contributed by atoms with E-state index in [1.165, 1.54) is 17.5 Å². The predicted molar refractivity (Wildman–Crippen MR) is 81.6 cm³/mol. The summed E-state index contributed by atoms with van der Waals surface area (Å²) in [5.74, 6) is 2.61. The van der Waals surface area contributed by atoms with E-state index in [0.717, 1.165) is 29.1 Å². The van der Waals surface area contributed by atoms with Gasteiger partial charge in [-0.2, -0.15) is 0 Å². The van der Waals surface area contributed by atoms with E-state index in [1.807, 2.05) is 0 Å². The molecule has 1 aliphatic rings. The lowest BCUT2D eigenvalue weighted by molar-refractivity contribution is 0.351. The lowest BCUT2D eigenvalue weighted by atomic mass is 9.88. The van der Waals surface area contributed by atoms with E-state index in [-0.39, 0.29) is 0 Å². The topological polar surface area (TPSA) is 30.5 Å². The Bertz CT molecular complexity index is 454. The molecule has 0 radical (unpaired) electrons. The van der Waals surface area contributed by atoms with Gasteiger partial charge in [0, 0.05) is 6.54 Å². The van der Waals surface area contributed by atoms with Gasteiger partial charge in [0.25, 0.3) is 0 Å². The number of benzene rings is 1. The van der Waals surface area contributed by atoms with E-state index in [0.29, 0.717) is 11.8 Å². The van der Waals surface area contributed by atoms with Gasteiger partial charge in [0.15, 0.2) is 11.5 Å².